The zero-order valence-electron chi connectivity index (χ0n) is 15.8. The van der Waals surface area contributed by atoms with Crippen molar-refractivity contribution in [3.8, 4) is 0 Å². The molecular formula is C18H35N5S. The Morgan fingerprint density at radius 3 is 2.67 bits per heavy atom. The maximum atomic E-state index is 4.59. The van der Waals surface area contributed by atoms with Gasteiger partial charge in [-0.2, -0.15) is 11.8 Å². The largest absolute Gasteiger partial charge is 0.354 e. The van der Waals surface area contributed by atoms with E-state index in [2.05, 4.69) is 50.9 Å². The second kappa shape index (κ2) is 8.28. The van der Waals surface area contributed by atoms with Crippen LogP contribution in [0.4, 0.5) is 0 Å². The predicted octanol–water partition coefficient (Wildman–Crippen LogP) is 1.56. The Kier molecular flexibility index (Phi) is 6.33. The Morgan fingerprint density at radius 1 is 1.25 bits per heavy atom. The second-order valence-corrected chi connectivity index (χ2v) is 8.91. The highest BCUT2D eigenvalue weighted by molar-refractivity contribution is 7.99. The summed E-state index contributed by atoms with van der Waals surface area (Å²) in [5.41, 5.74) is 0.284. The molecule has 0 aromatic carbocycles. The van der Waals surface area contributed by atoms with Crippen LogP contribution in [-0.4, -0.2) is 97.6 Å². The third-order valence-electron chi connectivity index (χ3n) is 6.19. The van der Waals surface area contributed by atoms with Gasteiger partial charge in [0.2, 0.25) is 0 Å². The molecule has 5 nitrogen and oxygen atoms in total. The average Bonchev–Trinajstić information content (AvgIpc) is 3.27. The van der Waals surface area contributed by atoms with Crippen molar-refractivity contribution in [1.29, 1.82) is 0 Å². The molecule has 0 radical (unpaired) electrons. The molecule has 3 fully saturated rings. The van der Waals surface area contributed by atoms with Crippen molar-refractivity contribution in [2.45, 2.75) is 43.7 Å². The van der Waals surface area contributed by atoms with Crippen LogP contribution < -0.4 is 5.32 Å². The average molecular weight is 354 g/mol. The Labute approximate surface area is 152 Å². The normalized spacial score (nSPS) is 32.8. The van der Waals surface area contributed by atoms with Gasteiger partial charge in [0.25, 0.3) is 0 Å². The molecule has 24 heavy (non-hydrogen) atoms. The molecular weight excluding hydrogens is 318 g/mol. The van der Waals surface area contributed by atoms with E-state index < -0.39 is 0 Å². The second-order valence-electron chi connectivity index (χ2n) is 7.81. The molecule has 0 aromatic rings. The van der Waals surface area contributed by atoms with E-state index in [1.54, 1.807) is 0 Å². The van der Waals surface area contributed by atoms with Gasteiger partial charge in [-0.3, -0.25) is 9.89 Å². The molecule has 0 saturated carbocycles. The molecule has 3 saturated heterocycles. The number of nitrogens with one attached hydrogen (secondary N) is 1. The Morgan fingerprint density at radius 2 is 2.04 bits per heavy atom. The number of likely N-dealkylation sites (N-methyl/N-ethyl adjacent to an activating group) is 1. The molecule has 1 N–H and O–H groups in total. The van der Waals surface area contributed by atoms with Gasteiger partial charge in [0.05, 0.1) is 0 Å². The van der Waals surface area contributed by atoms with E-state index in [1.807, 2.05) is 7.05 Å². The van der Waals surface area contributed by atoms with E-state index in [9.17, 15) is 0 Å². The molecule has 2 unspecified atom stereocenters. The van der Waals surface area contributed by atoms with Crippen molar-refractivity contribution in [1.82, 2.24) is 20.0 Å². The Hall–Kier alpha value is -0.460. The number of piperidine rings is 1. The molecule has 3 aliphatic rings. The first kappa shape index (κ1) is 18.3. The fraction of sp³-hybridized carbons (Fsp3) is 0.944. The van der Waals surface area contributed by atoms with Gasteiger partial charge in [-0.05, 0) is 58.6 Å². The van der Waals surface area contributed by atoms with Crippen LogP contribution in [0, 0.1) is 0 Å². The number of hydrogen-bond donors (Lipinski definition) is 1. The minimum absolute atomic E-state index is 0.284. The van der Waals surface area contributed by atoms with Crippen LogP contribution in [0.2, 0.25) is 0 Å². The lowest BCUT2D eigenvalue weighted by molar-refractivity contribution is 0.167. The quantitative estimate of drug-likeness (QED) is 0.613. The van der Waals surface area contributed by atoms with Crippen LogP contribution in [0.25, 0.3) is 0 Å². The molecule has 3 rings (SSSR count). The number of nitrogens with zero attached hydrogens (tertiary/aromatic N) is 4. The minimum Gasteiger partial charge on any atom is -0.354 e. The van der Waals surface area contributed by atoms with Gasteiger partial charge in [-0.1, -0.05) is 6.42 Å². The standard InChI is InChI=1S/C18H35N5S/c1-19-17(20-14-18(21(2)3)8-12-24-15-18)23-11-7-16(13-23)22-9-5-4-6-10-22/h16H,4-15H2,1-3H3,(H,19,20). The monoisotopic (exact) mass is 353 g/mol. The van der Waals surface area contributed by atoms with Gasteiger partial charge in [0, 0.05) is 44.0 Å². The molecule has 0 bridgehead atoms. The van der Waals surface area contributed by atoms with E-state index in [0.717, 1.165) is 31.6 Å². The summed E-state index contributed by atoms with van der Waals surface area (Å²) in [6, 6.07) is 0.730. The van der Waals surface area contributed by atoms with Crippen LogP contribution in [0.5, 0.6) is 0 Å². The van der Waals surface area contributed by atoms with Gasteiger partial charge < -0.3 is 15.1 Å². The molecule has 6 heteroatoms. The lowest BCUT2D eigenvalue weighted by Crippen LogP contribution is -2.55. The lowest BCUT2D eigenvalue weighted by atomic mass is 9.97. The van der Waals surface area contributed by atoms with Gasteiger partial charge in [-0.25, -0.2) is 0 Å². The van der Waals surface area contributed by atoms with Crippen LogP contribution in [-0.2, 0) is 0 Å². The van der Waals surface area contributed by atoms with Gasteiger partial charge in [0.15, 0.2) is 5.96 Å². The fourth-order valence-corrected chi connectivity index (χ4v) is 5.89. The zero-order chi connectivity index (χ0) is 17.0. The van der Waals surface area contributed by atoms with E-state index in [-0.39, 0.29) is 5.54 Å². The number of likely N-dealkylation sites (tertiary alicyclic amines) is 2. The summed E-state index contributed by atoms with van der Waals surface area (Å²) in [6.45, 7) is 5.88. The maximum absolute atomic E-state index is 4.59. The van der Waals surface area contributed by atoms with E-state index in [1.165, 1.54) is 56.7 Å². The summed E-state index contributed by atoms with van der Waals surface area (Å²) >= 11 is 2.08. The first-order valence-electron chi connectivity index (χ1n) is 9.59. The first-order chi connectivity index (χ1) is 11.6. The van der Waals surface area contributed by atoms with E-state index in [4.69, 9.17) is 0 Å². The number of hydrogen-bond acceptors (Lipinski definition) is 4. The molecule has 0 amide bonds. The van der Waals surface area contributed by atoms with Crippen molar-refractivity contribution in [2.75, 3.05) is 65.4 Å². The molecule has 0 aliphatic carbocycles. The van der Waals surface area contributed by atoms with Gasteiger partial charge in [0.1, 0.15) is 0 Å². The lowest BCUT2D eigenvalue weighted by Gasteiger charge is -2.37. The van der Waals surface area contributed by atoms with Crippen molar-refractivity contribution in [3.05, 3.63) is 0 Å². The summed E-state index contributed by atoms with van der Waals surface area (Å²) in [5.74, 6) is 3.60. The van der Waals surface area contributed by atoms with Crippen LogP contribution in [0.3, 0.4) is 0 Å². The van der Waals surface area contributed by atoms with Crippen LogP contribution >= 0.6 is 11.8 Å². The van der Waals surface area contributed by atoms with Crippen molar-refractivity contribution in [2.24, 2.45) is 4.99 Å². The third-order valence-corrected chi connectivity index (χ3v) is 7.42. The van der Waals surface area contributed by atoms with Crippen molar-refractivity contribution < 1.29 is 0 Å². The minimum atomic E-state index is 0.284. The highest BCUT2D eigenvalue weighted by Crippen LogP contribution is 2.31. The summed E-state index contributed by atoms with van der Waals surface area (Å²) in [7, 11) is 6.37. The molecule has 2 atom stereocenters. The summed E-state index contributed by atoms with van der Waals surface area (Å²) in [4.78, 5) is 12.2. The summed E-state index contributed by atoms with van der Waals surface area (Å²) < 4.78 is 0. The summed E-state index contributed by atoms with van der Waals surface area (Å²) in [5, 5.41) is 3.70. The van der Waals surface area contributed by atoms with Crippen molar-refractivity contribution in [3.63, 3.8) is 0 Å². The smallest absolute Gasteiger partial charge is 0.193 e. The zero-order valence-corrected chi connectivity index (χ0v) is 16.6. The SMILES string of the molecule is CN=C(NCC1(N(C)C)CCSC1)N1CCC(N2CCCCC2)C1. The van der Waals surface area contributed by atoms with Crippen molar-refractivity contribution >= 4 is 17.7 Å². The highest BCUT2D eigenvalue weighted by atomic mass is 32.2. The van der Waals surface area contributed by atoms with Crippen LogP contribution in [0.1, 0.15) is 32.1 Å². The number of guanidine groups is 1. The molecule has 0 spiro atoms. The van der Waals surface area contributed by atoms with Crippen LogP contribution in [0.15, 0.2) is 4.99 Å². The highest BCUT2D eigenvalue weighted by Gasteiger charge is 2.37. The van der Waals surface area contributed by atoms with Gasteiger partial charge >= 0.3 is 0 Å². The third kappa shape index (κ3) is 4.02. The van der Waals surface area contributed by atoms with E-state index >= 15 is 0 Å². The Bertz CT molecular complexity index is 427. The Balaban J connectivity index is 1.53. The number of rotatable bonds is 4. The topological polar surface area (TPSA) is 34.1 Å². The number of aliphatic imine (C=N–C) groups is 1. The van der Waals surface area contributed by atoms with Gasteiger partial charge in [-0.15, -0.1) is 0 Å². The number of thioether (sulfide) groups is 1. The molecule has 3 heterocycles. The molecule has 0 aromatic heterocycles. The summed E-state index contributed by atoms with van der Waals surface area (Å²) in [6.07, 6.45) is 6.74. The first-order valence-corrected chi connectivity index (χ1v) is 10.7. The fourth-order valence-electron chi connectivity index (χ4n) is 4.34. The molecule has 138 valence electrons. The van der Waals surface area contributed by atoms with E-state index in [0.29, 0.717) is 0 Å². The molecule has 3 aliphatic heterocycles. The maximum Gasteiger partial charge on any atom is 0.193 e. The predicted molar refractivity (Wildman–Crippen MR) is 105 cm³/mol.